The number of halogens is 1. The van der Waals surface area contributed by atoms with Gasteiger partial charge in [-0.25, -0.2) is 4.98 Å². The number of carbonyl (C=O) groups is 2. The highest BCUT2D eigenvalue weighted by Gasteiger charge is 2.11. The Kier molecular flexibility index (Phi) is 7.81. The molecule has 0 fully saturated rings. The van der Waals surface area contributed by atoms with Crippen LogP contribution in [0.15, 0.2) is 28.1 Å². The number of thiazole rings is 1. The summed E-state index contributed by atoms with van der Waals surface area (Å²) in [6.45, 7) is 4.77. The Labute approximate surface area is 169 Å². The first-order valence-electron chi connectivity index (χ1n) is 8.17. The predicted octanol–water partition coefficient (Wildman–Crippen LogP) is 3.98. The smallest absolute Gasteiger partial charge is 0.309 e. The largest absolute Gasteiger partial charge is 0.490 e. The molecule has 9 heteroatoms. The summed E-state index contributed by atoms with van der Waals surface area (Å²) in [7, 11) is 0. The average Bonchev–Trinajstić information content (AvgIpc) is 3.02. The third-order valence-corrected chi connectivity index (χ3v) is 4.56. The highest BCUT2D eigenvalue weighted by molar-refractivity contribution is 9.10. The van der Waals surface area contributed by atoms with Crippen molar-refractivity contribution in [3.8, 4) is 11.5 Å². The summed E-state index contributed by atoms with van der Waals surface area (Å²) in [4.78, 5) is 26.8. The van der Waals surface area contributed by atoms with Crippen LogP contribution in [0.1, 0.15) is 25.1 Å². The van der Waals surface area contributed by atoms with Crippen LogP contribution in [0.4, 0.5) is 5.13 Å². The van der Waals surface area contributed by atoms with Crippen LogP contribution in [0.3, 0.4) is 0 Å². The standard InChI is InChI=1S/C18H19BrN2O5S/c1-3-25-14-8-11(7-13(19)17(14)26-4-2)5-6-15(22)21-18-20-12(10-27-18)9-16(23)24/h5-8,10H,3-4,9H2,1-2H3,(H,23,24)(H,20,21,22)/b6-5+. The molecule has 0 spiro atoms. The molecule has 2 rings (SSSR count). The van der Waals surface area contributed by atoms with Gasteiger partial charge in [-0.3, -0.25) is 14.9 Å². The fraction of sp³-hybridized carbons (Fsp3) is 0.278. The number of amides is 1. The molecule has 2 aromatic rings. The number of aliphatic carboxylic acids is 1. The van der Waals surface area contributed by atoms with Gasteiger partial charge in [0.25, 0.3) is 0 Å². The zero-order valence-corrected chi connectivity index (χ0v) is 17.2. The molecule has 0 aliphatic carbocycles. The number of hydrogen-bond donors (Lipinski definition) is 2. The third kappa shape index (κ3) is 6.37. The second-order valence-electron chi connectivity index (χ2n) is 5.23. The molecule has 1 aromatic carbocycles. The second-order valence-corrected chi connectivity index (χ2v) is 6.95. The van der Waals surface area contributed by atoms with Crippen molar-refractivity contribution in [1.82, 2.24) is 4.98 Å². The van der Waals surface area contributed by atoms with Gasteiger partial charge in [-0.2, -0.15) is 0 Å². The summed E-state index contributed by atoms with van der Waals surface area (Å²) in [6.07, 6.45) is 2.84. The van der Waals surface area contributed by atoms with E-state index in [1.807, 2.05) is 19.9 Å². The van der Waals surface area contributed by atoms with E-state index in [4.69, 9.17) is 14.6 Å². The molecule has 0 aliphatic heterocycles. The van der Waals surface area contributed by atoms with Gasteiger partial charge in [-0.1, -0.05) is 0 Å². The van der Waals surface area contributed by atoms with Gasteiger partial charge in [0.05, 0.1) is 29.8 Å². The molecule has 7 nitrogen and oxygen atoms in total. The quantitative estimate of drug-likeness (QED) is 0.556. The highest BCUT2D eigenvalue weighted by Crippen LogP contribution is 2.37. The highest BCUT2D eigenvalue weighted by atomic mass is 79.9. The summed E-state index contributed by atoms with van der Waals surface area (Å²) in [6, 6.07) is 3.61. The zero-order valence-electron chi connectivity index (χ0n) is 14.8. The Morgan fingerprint density at radius 1 is 1.30 bits per heavy atom. The van der Waals surface area contributed by atoms with E-state index in [0.29, 0.717) is 35.5 Å². The second kappa shape index (κ2) is 10.1. The van der Waals surface area contributed by atoms with Crippen LogP contribution >= 0.6 is 27.3 Å². The number of rotatable bonds is 9. The maximum atomic E-state index is 12.1. The molecule has 0 aliphatic rings. The van der Waals surface area contributed by atoms with E-state index in [9.17, 15) is 9.59 Å². The van der Waals surface area contributed by atoms with Crippen LogP contribution in [0.5, 0.6) is 11.5 Å². The Morgan fingerprint density at radius 3 is 2.70 bits per heavy atom. The number of carboxylic acids is 1. The summed E-state index contributed by atoms with van der Waals surface area (Å²) >= 11 is 4.63. The molecule has 27 heavy (non-hydrogen) atoms. The summed E-state index contributed by atoms with van der Waals surface area (Å²) < 4.78 is 11.9. The maximum Gasteiger partial charge on any atom is 0.309 e. The van der Waals surface area contributed by atoms with Gasteiger partial charge >= 0.3 is 5.97 Å². The van der Waals surface area contributed by atoms with Gasteiger partial charge in [0.15, 0.2) is 16.6 Å². The van der Waals surface area contributed by atoms with Gasteiger partial charge in [-0.15, -0.1) is 11.3 Å². The topological polar surface area (TPSA) is 97.8 Å². The number of ether oxygens (including phenoxy) is 2. The van der Waals surface area contributed by atoms with E-state index in [2.05, 4.69) is 26.2 Å². The fourth-order valence-corrected chi connectivity index (χ4v) is 3.44. The summed E-state index contributed by atoms with van der Waals surface area (Å²) in [5, 5.41) is 13.3. The van der Waals surface area contributed by atoms with Crippen molar-refractivity contribution in [3.05, 3.63) is 39.3 Å². The number of nitrogens with one attached hydrogen (secondary N) is 1. The molecule has 1 amide bonds. The molecule has 0 unspecified atom stereocenters. The monoisotopic (exact) mass is 454 g/mol. The molecule has 0 saturated carbocycles. The van der Waals surface area contributed by atoms with Crippen molar-refractivity contribution in [2.75, 3.05) is 18.5 Å². The number of benzene rings is 1. The first-order chi connectivity index (χ1) is 12.9. The predicted molar refractivity (Wildman–Crippen MR) is 108 cm³/mol. The molecule has 0 saturated heterocycles. The van der Waals surface area contributed by atoms with E-state index in [0.717, 1.165) is 10.0 Å². The lowest BCUT2D eigenvalue weighted by atomic mass is 10.2. The van der Waals surface area contributed by atoms with Gasteiger partial charge in [-0.05, 0) is 53.5 Å². The SMILES string of the molecule is CCOc1cc(/C=C/C(=O)Nc2nc(CC(=O)O)cs2)cc(Br)c1OCC. The first kappa shape index (κ1) is 20.9. The number of nitrogens with zero attached hydrogens (tertiary/aromatic N) is 1. The van der Waals surface area contributed by atoms with Crippen LogP contribution in [0, 0.1) is 0 Å². The molecule has 1 aromatic heterocycles. The van der Waals surface area contributed by atoms with Crippen molar-refractivity contribution >= 4 is 50.4 Å². The summed E-state index contributed by atoms with van der Waals surface area (Å²) in [5.41, 5.74) is 1.17. The summed E-state index contributed by atoms with van der Waals surface area (Å²) in [5.74, 6) is -0.125. The van der Waals surface area contributed by atoms with Gasteiger partial charge in [0, 0.05) is 11.5 Å². The lowest BCUT2D eigenvalue weighted by Crippen LogP contribution is -2.08. The maximum absolute atomic E-state index is 12.1. The minimum Gasteiger partial charge on any atom is -0.490 e. The fourth-order valence-electron chi connectivity index (χ4n) is 2.15. The van der Waals surface area contributed by atoms with Crippen molar-refractivity contribution < 1.29 is 24.2 Å². The molecule has 144 valence electrons. The molecule has 0 atom stereocenters. The van der Waals surface area contributed by atoms with E-state index >= 15 is 0 Å². The number of aromatic nitrogens is 1. The Hall–Kier alpha value is -2.39. The van der Waals surface area contributed by atoms with Crippen molar-refractivity contribution in [1.29, 1.82) is 0 Å². The van der Waals surface area contributed by atoms with E-state index in [1.165, 1.54) is 17.4 Å². The molecule has 2 N–H and O–H groups in total. The molecular weight excluding hydrogens is 436 g/mol. The lowest BCUT2D eigenvalue weighted by molar-refractivity contribution is -0.136. The van der Waals surface area contributed by atoms with E-state index < -0.39 is 5.97 Å². The molecular formula is C18H19BrN2O5S. The van der Waals surface area contributed by atoms with Gasteiger partial charge < -0.3 is 14.6 Å². The number of carboxylic acid groups (broad SMARTS) is 1. The average molecular weight is 455 g/mol. The first-order valence-corrected chi connectivity index (χ1v) is 9.84. The number of carbonyl (C=O) groups excluding carboxylic acids is 1. The Balaban J connectivity index is 2.08. The van der Waals surface area contributed by atoms with Crippen LogP contribution in [-0.2, 0) is 16.0 Å². The minimum atomic E-state index is -0.968. The normalized spacial score (nSPS) is 10.8. The molecule has 0 bridgehead atoms. The van der Waals surface area contributed by atoms with E-state index in [1.54, 1.807) is 17.5 Å². The molecule has 0 radical (unpaired) electrons. The Morgan fingerprint density at radius 2 is 2.04 bits per heavy atom. The van der Waals surface area contributed by atoms with Gasteiger partial charge in [0.1, 0.15) is 0 Å². The lowest BCUT2D eigenvalue weighted by Gasteiger charge is -2.13. The van der Waals surface area contributed by atoms with Crippen LogP contribution in [-0.4, -0.2) is 35.2 Å². The Bertz CT molecular complexity index is 850. The number of hydrogen-bond acceptors (Lipinski definition) is 6. The van der Waals surface area contributed by atoms with Gasteiger partial charge in [0.2, 0.25) is 5.91 Å². The zero-order chi connectivity index (χ0) is 19.8. The number of anilines is 1. The van der Waals surface area contributed by atoms with Crippen LogP contribution < -0.4 is 14.8 Å². The third-order valence-electron chi connectivity index (χ3n) is 3.16. The minimum absolute atomic E-state index is 0.178. The van der Waals surface area contributed by atoms with Crippen molar-refractivity contribution in [2.24, 2.45) is 0 Å². The van der Waals surface area contributed by atoms with Crippen molar-refractivity contribution in [3.63, 3.8) is 0 Å². The van der Waals surface area contributed by atoms with Crippen LogP contribution in [0.2, 0.25) is 0 Å². The molecule has 1 heterocycles. The van der Waals surface area contributed by atoms with E-state index in [-0.39, 0.29) is 12.3 Å². The van der Waals surface area contributed by atoms with Crippen molar-refractivity contribution in [2.45, 2.75) is 20.3 Å². The van der Waals surface area contributed by atoms with Crippen LogP contribution in [0.25, 0.3) is 6.08 Å².